The summed E-state index contributed by atoms with van der Waals surface area (Å²) in [4.78, 5) is 0. The first-order valence-corrected chi connectivity index (χ1v) is 4.44. The predicted molar refractivity (Wildman–Crippen MR) is 44.7 cm³/mol. The van der Waals surface area contributed by atoms with Crippen LogP contribution in [-0.2, 0) is 9.47 Å². The van der Waals surface area contributed by atoms with Gasteiger partial charge in [-0.25, -0.2) is 0 Å². The van der Waals surface area contributed by atoms with Gasteiger partial charge in [-0.3, -0.25) is 5.41 Å². The summed E-state index contributed by atoms with van der Waals surface area (Å²) in [5, 5.41) is 7.00. The van der Waals surface area contributed by atoms with Crippen LogP contribution in [0.25, 0.3) is 0 Å². The van der Waals surface area contributed by atoms with Crippen molar-refractivity contribution < 1.29 is 9.47 Å². The van der Waals surface area contributed by atoms with Crippen LogP contribution in [0.2, 0.25) is 0 Å². The second kappa shape index (κ2) is 4.58. The van der Waals surface area contributed by atoms with Crippen LogP contribution in [-0.4, -0.2) is 30.4 Å². The Balaban J connectivity index is 1.98. The lowest BCUT2D eigenvalue weighted by Gasteiger charge is -2.07. The van der Waals surface area contributed by atoms with E-state index >= 15 is 0 Å². The van der Waals surface area contributed by atoms with E-state index in [1.807, 2.05) is 0 Å². The fourth-order valence-electron chi connectivity index (χ4n) is 0.838. The molecule has 0 aromatic heterocycles. The Bertz CT molecular complexity index is 137. The van der Waals surface area contributed by atoms with Crippen molar-refractivity contribution >= 4 is 16.9 Å². The Kier molecular flexibility index (Phi) is 3.68. The second-order valence-electron chi connectivity index (χ2n) is 2.28. The molecule has 1 saturated heterocycles. The van der Waals surface area contributed by atoms with Crippen molar-refractivity contribution in [3.8, 4) is 0 Å². The number of hydrogen-bond acceptors (Lipinski definition) is 4. The normalized spacial score (nSPS) is 23.8. The summed E-state index contributed by atoms with van der Waals surface area (Å²) in [5.74, 6) is 0.462. The second-order valence-corrected chi connectivity index (χ2v) is 3.24. The molecular weight excluding hydrogens is 164 g/mol. The van der Waals surface area contributed by atoms with E-state index in [0.29, 0.717) is 12.5 Å². The molecule has 11 heavy (non-hydrogen) atoms. The monoisotopic (exact) mass is 176 g/mol. The van der Waals surface area contributed by atoms with Gasteiger partial charge in [0.15, 0.2) is 5.17 Å². The third kappa shape index (κ3) is 3.60. The van der Waals surface area contributed by atoms with Crippen LogP contribution < -0.4 is 5.73 Å². The van der Waals surface area contributed by atoms with E-state index < -0.39 is 0 Å². The molecule has 0 aromatic carbocycles. The lowest BCUT2D eigenvalue weighted by Crippen LogP contribution is -2.14. The first kappa shape index (κ1) is 8.83. The Morgan fingerprint density at radius 2 is 2.64 bits per heavy atom. The number of rotatable bonds is 3. The minimum absolute atomic E-state index is 0.101. The van der Waals surface area contributed by atoms with Gasteiger partial charge in [0, 0.05) is 6.61 Å². The summed E-state index contributed by atoms with van der Waals surface area (Å²) in [6.45, 7) is 1.47. The van der Waals surface area contributed by atoms with Crippen LogP contribution >= 0.6 is 11.8 Å². The molecule has 0 saturated carbocycles. The van der Waals surface area contributed by atoms with Crippen LogP contribution in [0, 0.1) is 5.41 Å². The summed E-state index contributed by atoms with van der Waals surface area (Å²) in [6.07, 6.45) is 1.17. The molecule has 5 heteroatoms. The Labute approximate surface area is 69.9 Å². The number of ether oxygens (including phenoxy) is 2. The van der Waals surface area contributed by atoms with E-state index in [2.05, 4.69) is 0 Å². The molecule has 0 amide bonds. The standard InChI is InChI=1S/C6H12N2O2S/c7-6(8)11-4-10-5-1-2-9-3-5/h5H,1-4H2,(H3,7,8). The molecule has 1 fully saturated rings. The summed E-state index contributed by atoms with van der Waals surface area (Å²) < 4.78 is 10.4. The van der Waals surface area contributed by atoms with Gasteiger partial charge in [0.1, 0.15) is 5.94 Å². The van der Waals surface area contributed by atoms with Crippen LogP contribution in [0.3, 0.4) is 0 Å². The number of hydrogen-bond donors (Lipinski definition) is 2. The van der Waals surface area contributed by atoms with Gasteiger partial charge < -0.3 is 15.2 Å². The average molecular weight is 176 g/mol. The molecule has 1 atom stereocenters. The van der Waals surface area contributed by atoms with Gasteiger partial charge in [-0.05, 0) is 6.42 Å². The van der Waals surface area contributed by atoms with Gasteiger partial charge in [-0.2, -0.15) is 0 Å². The lowest BCUT2D eigenvalue weighted by atomic mass is 10.3. The van der Waals surface area contributed by atoms with Crippen molar-refractivity contribution in [1.29, 1.82) is 5.41 Å². The van der Waals surface area contributed by atoms with Crippen LogP contribution in [0.5, 0.6) is 0 Å². The first-order chi connectivity index (χ1) is 5.29. The predicted octanol–water partition coefficient (Wildman–Crippen LogP) is 0.376. The molecular formula is C6H12N2O2S. The maximum atomic E-state index is 6.90. The number of amidine groups is 1. The number of nitrogens with two attached hydrogens (primary N) is 1. The Morgan fingerprint density at radius 3 is 3.18 bits per heavy atom. The zero-order valence-electron chi connectivity index (χ0n) is 6.21. The highest BCUT2D eigenvalue weighted by Crippen LogP contribution is 2.10. The zero-order chi connectivity index (χ0) is 8.10. The fourth-order valence-corrected chi connectivity index (χ4v) is 1.23. The van der Waals surface area contributed by atoms with Gasteiger partial charge in [-0.15, -0.1) is 0 Å². The van der Waals surface area contributed by atoms with Crippen LogP contribution in [0.1, 0.15) is 6.42 Å². The molecule has 1 aliphatic heterocycles. The molecule has 1 rings (SSSR count). The van der Waals surface area contributed by atoms with E-state index in [0.717, 1.165) is 13.0 Å². The lowest BCUT2D eigenvalue weighted by molar-refractivity contribution is 0.0731. The van der Waals surface area contributed by atoms with Crippen LogP contribution in [0.4, 0.5) is 0 Å². The molecule has 0 radical (unpaired) electrons. The van der Waals surface area contributed by atoms with Gasteiger partial charge in [0.25, 0.3) is 0 Å². The van der Waals surface area contributed by atoms with Crippen molar-refractivity contribution in [2.24, 2.45) is 5.73 Å². The Hall–Kier alpha value is -0.260. The van der Waals surface area contributed by atoms with Crippen molar-refractivity contribution in [1.82, 2.24) is 0 Å². The third-order valence-corrected chi connectivity index (χ3v) is 1.97. The number of thioether (sulfide) groups is 1. The van der Waals surface area contributed by atoms with Crippen molar-refractivity contribution in [2.45, 2.75) is 12.5 Å². The molecule has 0 aliphatic carbocycles. The maximum Gasteiger partial charge on any atom is 0.153 e. The average Bonchev–Trinajstić information content (AvgIpc) is 2.39. The summed E-state index contributed by atoms with van der Waals surface area (Å²) in [6, 6.07) is 0. The Morgan fingerprint density at radius 1 is 1.82 bits per heavy atom. The van der Waals surface area contributed by atoms with E-state index in [-0.39, 0.29) is 11.3 Å². The minimum Gasteiger partial charge on any atom is -0.379 e. The molecule has 4 nitrogen and oxygen atoms in total. The summed E-state index contributed by atoms with van der Waals surface area (Å²) >= 11 is 1.20. The molecule has 1 heterocycles. The van der Waals surface area contributed by atoms with Gasteiger partial charge in [0.05, 0.1) is 12.7 Å². The molecule has 0 aromatic rings. The molecule has 0 bridgehead atoms. The fraction of sp³-hybridized carbons (Fsp3) is 0.833. The van der Waals surface area contributed by atoms with Crippen molar-refractivity contribution in [3.63, 3.8) is 0 Å². The van der Waals surface area contributed by atoms with E-state index in [4.69, 9.17) is 20.6 Å². The van der Waals surface area contributed by atoms with Gasteiger partial charge in [0.2, 0.25) is 0 Å². The molecule has 1 aliphatic rings. The van der Waals surface area contributed by atoms with Gasteiger partial charge in [-0.1, -0.05) is 11.8 Å². The number of nitrogens with one attached hydrogen (secondary N) is 1. The molecule has 64 valence electrons. The first-order valence-electron chi connectivity index (χ1n) is 3.45. The quantitative estimate of drug-likeness (QED) is 0.370. The maximum absolute atomic E-state index is 6.90. The largest absolute Gasteiger partial charge is 0.379 e. The van der Waals surface area contributed by atoms with E-state index in [9.17, 15) is 0 Å². The third-order valence-electron chi connectivity index (χ3n) is 1.41. The van der Waals surface area contributed by atoms with Crippen LogP contribution in [0.15, 0.2) is 0 Å². The van der Waals surface area contributed by atoms with Crippen molar-refractivity contribution in [3.05, 3.63) is 0 Å². The highest BCUT2D eigenvalue weighted by molar-refractivity contribution is 8.13. The smallest absolute Gasteiger partial charge is 0.153 e. The van der Waals surface area contributed by atoms with E-state index in [1.54, 1.807) is 0 Å². The SMILES string of the molecule is N=C(N)SCOC1CCOC1. The molecule has 3 N–H and O–H groups in total. The zero-order valence-corrected chi connectivity index (χ0v) is 7.02. The highest BCUT2D eigenvalue weighted by atomic mass is 32.2. The van der Waals surface area contributed by atoms with E-state index in [1.165, 1.54) is 11.8 Å². The minimum atomic E-state index is 0.101. The summed E-state index contributed by atoms with van der Waals surface area (Å²) in [5.41, 5.74) is 5.11. The topological polar surface area (TPSA) is 68.3 Å². The summed E-state index contributed by atoms with van der Waals surface area (Å²) in [7, 11) is 0. The molecule has 1 unspecified atom stereocenters. The highest BCUT2D eigenvalue weighted by Gasteiger charge is 2.15. The van der Waals surface area contributed by atoms with Crippen molar-refractivity contribution in [2.75, 3.05) is 19.2 Å². The molecule has 0 spiro atoms. The van der Waals surface area contributed by atoms with Gasteiger partial charge >= 0.3 is 0 Å².